The van der Waals surface area contributed by atoms with Crippen molar-refractivity contribution in [1.29, 1.82) is 5.26 Å². The van der Waals surface area contributed by atoms with Gasteiger partial charge in [0.25, 0.3) is 0 Å². The van der Waals surface area contributed by atoms with Crippen LogP contribution in [-0.4, -0.2) is 50.6 Å². The van der Waals surface area contributed by atoms with Crippen molar-refractivity contribution in [3.8, 4) is 6.07 Å². The van der Waals surface area contributed by atoms with Gasteiger partial charge in [-0.05, 0) is 76.8 Å². The summed E-state index contributed by atoms with van der Waals surface area (Å²) in [4.78, 5) is 11.4. The van der Waals surface area contributed by atoms with Gasteiger partial charge in [0.1, 0.15) is 6.07 Å². The zero-order chi connectivity index (χ0) is 33.3. The minimum absolute atomic E-state index is 0.104. The van der Waals surface area contributed by atoms with Crippen LogP contribution < -0.4 is 21.6 Å². The van der Waals surface area contributed by atoms with Crippen LogP contribution >= 0.6 is 23.2 Å². The summed E-state index contributed by atoms with van der Waals surface area (Å²) < 4.78 is 0. The number of piperidine rings is 1. The summed E-state index contributed by atoms with van der Waals surface area (Å²) in [6, 6.07) is 10.3. The lowest BCUT2D eigenvalue weighted by Gasteiger charge is -2.42. The number of rotatable bonds is 8. The van der Waals surface area contributed by atoms with Crippen LogP contribution in [0.25, 0.3) is 10.9 Å². The third-order valence-electron chi connectivity index (χ3n) is 9.65. The Balaban J connectivity index is 1.33. The molecule has 47 heavy (non-hydrogen) atoms. The smallest absolute Gasteiger partial charge is 0.103 e. The second kappa shape index (κ2) is 13.4. The van der Waals surface area contributed by atoms with E-state index in [0.717, 1.165) is 59.7 Å². The number of hydrogen-bond donors (Lipinski definition) is 4. The first-order valence-corrected chi connectivity index (χ1v) is 17.0. The topological polar surface area (TPSA) is 104 Å². The third kappa shape index (κ3) is 7.07. The van der Waals surface area contributed by atoms with Crippen LogP contribution in [0.15, 0.2) is 78.0 Å². The summed E-state index contributed by atoms with van der Waals surface area (Å²) in [6.07, 6.45) is 16.5. The lowest BCUT2D eigenvalue weighted by molar-refractivity contribution is 0.0569. The van der Waals surface area contributed by atoms with Crippen LogP contribution in [0.2, 0.25) is 5.02 Å². The Labute approximate surface area is 287 Å². The maximum absolute atomic E-state index is 10.1. The van der Waals surface area contributed by atoms with Crippen LogP contribution in [0.3, 0.4) is 0 Å². The van der Waals surface area contributed by atoms with Gasteiger partial charge in [-0.25, -0.2) is 0 Å². The Bertz CT molecular complexity index is 1750. The molecule has 1 aromatic carbocycles. The average molecular weight is 673 g/mol. The number of anilines is 2. The van der Waals surface area contributed by atoms with Crippen molar-refractivity contribution in [3.05, 3.63) is 94.2 Å². The highest BCUT2D eigenvalue weighted by atomic mass is 35.5. The highest BCUT2D eigenvalue weighted by Gasteiger charge is 2.39. The second-order valence-electron chi connectivity index (χ2n) is 14.0. The monoisotopic (exact) mass is 671 g/mol. The number of benzene rings is 1. The first-order chi connectivity index (χ1) is 22.4. The lowest BCUT2D eigenvalue weighted by atomic mass is 9.75. The highest BCUT2D eigenvalue weighted by Crippen LogP contribution is 2.41. The van der Waals surface area contributed by atoms with Crippen LogP contribution in [0.5, 0.6) is 0 Å². The molecule has 4 heterocycles. The molecule has 0 saturated carbocycles. The summed E-state index contributed by atoms with van der Waals surface area (Å²) in [5.41, 5.74) is 11.4. The molecule has 1 fully saturated rings. The summed E-state index contributed by atoms with van der Waals surface area (Å²) in [6.45, 7) is 13.3. The van der Waals surface area contributed by atoms with Crippen LogP contribution in [-0.2, 0) is 0 Å². The molecule has 0 spiro atoms. The van der Waals surface area contributed by atoms with Crippen molar-refractivity contribution in [3.63, 3.8) is 0 Å². The fraction of sp³-hybridized carbons (Fsp3) is 0.417. The van der Waals surface area contributed by atoms with Gasteiger partial charge in [-0.2, -0.15) is 5.26 Å². The zero-order valence-corrected chi connectivity index (χ0v) is 29.1. The number of fused-ring (bicyclic) bond motifs is 1. The number of hydrogen-bond acceptors (Lipinski definition) is 9. The van der Waals surface area contributed by atoms with Gasteiger partial charge in [-0.1, -0.05) is 48.3 Å². The van der Waals surface area contributed by atoms with E-state index in [1.807, 2.05) is 43.5 Å². The Morgan fingerprint density at radius 1 is 1.15 bits per heavy atom. The van der Waals surface area contributed by atoms with Crippen molar-refractivity contribution < 1.29 is 0 Å². The molecule has 11 heteroatoms. The Hall–Kier alpha value is -3.81. The lowest BCUT2D eigenvalue weighted by Crippen LogP contribution is -2.53. The zero-order valence-electron chi connectivity index (χ0n) is 27.6. The Kier molecular flexibility index (Phi) is 9.41. The molecular weight excluding hydrogens is 629 g/mol. The normalized spacial score (nSPS) is 21.9. The second-order valence-corrected chi connectivity index (χ2v) is 14.8. The third-order valence-corrected chi connectivity index (χ3v) is 10.2. The molecule has 3 aromatic rings. The molecule has 4 N–H and O–H groups in total. The molecule has 1 aliphatic carbocycles. The highest BCUT2D eigenvalue weighted by molar-refractivity contribution is 6.36. The molecule has 3 atom stereocenters. The quantitative estimate of drug-likeness (QED) is 0.192. The number of nitrogens with zero attached hydrogens (tertiary/aromatic N) is 5. The maximum atomic E-state index is 10.1. The van der Waals surface area contributed by atoms with E-state index in [1.54, 1.807) is 12.4 Å². The fourth-order valence-electron chi connectivity index (χ4n) is 6.72. The van der Waals surface area contributed by atoms with E-state index in [4.69, 9.17) is 23.2 Å². The van der Waals surface area contributed by atoms with Crippen molar-refractivity contribution in [2.45, 2.75) is 77.5 Å². The molecule has 0 amide bonds. The van der Waals surface area contributed by atoms with Gasteiger partial charge >= 0.3 is 0 Å². The number of likely N-dealkylation sites (tertiary alicyclic amines) is 1. The van der Waals surface area contributed by atoms with Crippen molar-refractivity contribution >= 4 is 45.5 Å². The summed E-state index contributed by atoms with van der Waals surface area (Å²) in [5.74, 6) is 0. The SMILES string of the molecule is CC(Nc1c(C#N)cnc2c(Cl)cc(N[C@H](C3=CN(C4CCN(C(C)(C)C)CC4)NN3)C3(C)C=CC(Cl)=CC3)cc12)c1cccnc1. The number of halogens is 2. The van der Waals surface area contributed by atoms with Gasteiger partial charge in [-0.15, -0.1) is 5.53 Å². The predicted octanol–water partition coefficient (Wildman–Crippen LogP) is 7.63. The molecule has 2 aliphatic heterocycles. The Morgan fingerprint density at radius 2 is 1.94 bits per heavy atom. The number of allylic oxidation sites excluding steroid dienone is 3. The van der Waals surface area contributed by atoms with Crippen LogP contribution in [0.4, 0.5) is 11.4 Å². The minimum Gasteiger partial charge on any atom is -0.377 e. The van der Waals surface area contributed by atoms with Crippen LogP contribution in [0.1, 0.15) is 71.0 Å². The number of nitriles is 1. The molecule has 9 nitrogen and oxygen atoms in total. The predicted molar refractivity (Wildman–Crippen MR) is 191 cm³/mol. The number of nitrogens with one attached hydrogen (secondary N) is 4. The molecule has 2 unspecified atom stereocenters. The molecule has 3 aliphatic rings. The number of aromatic nitrogens is 2. The summed E-state index contributed by atoms with van der Waals surface area (Å²) >= 11 is 13.3. The maximum Gasteiger partial charge on any atom is 0.103 e. The first kappa shape index (κ1) is 33.1. The van der Waals surface area contributed by atoms with E-state index in [1.165, 1.54) is 0 Å². The molecule has 246 valence electrons. The molecule has 1 saturated heterocycles. The molecule has 0 radical (unpaired) electrons. The van der Waals surface area contributed by atoms with Crippen molar-refractivity contribution in [2.75, 3.05) is 23.7 Å². The van der Waals surface area contributed by atoms with Crippen molar-refractivity contribution in [2.24, 2.45) is 5.41 Å². The van der Waals surface area contributed by atoms with Gasteiger partial charge in [0, 0.05) is 71.0 Å². The Morgan fingerprint density at radius 3 is 2.60 bits per heavy atom. The van der Waals surface area contributed by atoms with Gasteiger partial charge in [0.2, 0.25) is 0 Å². The first-order valence-electron chi connectivity index (χ1n) is 16.2. The summed E-state index contributed by atoms with van der Waals surface area (Å²) in [7, 11) is 0. The van der Waals surface area contributed by atoms with Gasteiger partial charge in [0.15, 0.2) is 0 Å². The molecular formula is C36H43Cl2N9. The van der Waals surface area contributed by atoms with E-state index >= 15 is 0 Å². The average Bonchev–Trinajstić information content (AvgIpc) is 3.55. The van der Waals surface area contributed by atoms with Crippen molar-refractivity contribution in [1.82, 2.24) is 30.8 Å². The standard InChI is InChI=1S/C36H43Cl2N9/c1-23(24-7-6-14-40-20-24)42-32-25(19-39)21-41-33-29(32)17-27(18-30(33)38)43-34(36(5)12-8-26(37)9-13-36)31-22-47(45-44-31)28-10-15-46(16-11-28)35(2,3)4/h6-9,12,14,17-18,20-23,28,34,43-45H,10-11,13,15-16H2,1-5H3,(H,41,42)/t23?,34-,36?/m1/s1. The van der Waals surface area contributed by atoms with E-state index in [-0.39, 0.29) is 23.0 Å². The van der Waals surface area contributed by atoms with E-state index in [9.17, 15) is 5.26 Å². The number of pyridine rings is 2. The van der Waals surface area contributed by atoms with E-state index in [2.05, 4.69) is 93.6 Å². The fourth-order valence-corrected chi connectivity index (χ4v) is 7.13. The van der Waals surface area contributed by atoms with Crippen LogP contribution in [0, 0.1) is 16.7 Å². The van der Waals surface area contributed by atoms with E-state index < -0.39 is 0 Å². The molecule has 6 rings (SSSR count). The largest absolute Gasteiger partial charge is 0.377 e. The van der Waals surface area contributed by atoms with E-state index in [0.29, 0.717) is 27.8 Å². The molecule has 0 bridgehead atoms. The van der Waals surface area contributed by atoms with Gasteiger partial charge in [-0.3, -0.25) is 19.9 Å². The van der Waals surface area contributed by atoms with Gasteiger partial charge in [0.05, 0.1) is 39.6 Å². The number of hydrazine groups is 2. The minimum atomic E-state index is -0.311. The van der Waals surface area contributed by atoms with Gasteiger partial charge < -0.3 is 16.1 Å². The molecule has 2 aromatic heterocycles. The summed E-state index contributed by atoms with van der Waals surface area (Å²) in [5, 5.41) is 21.6.